The Labute approximate surface area is 163 Å². The van der Waals surface area contributed by atoms with E-state index in [2.05, 4.69) is 5.32 Å². The van der Waals surface area contributed by atoms with Gasteiger partial charge in [0.2, 0.25) is 0 Å². The molecule has 0 aromatic heterocycles. The van der Waals surface area contributed by atoms with Crippen LogP contribution in [-0.2, 0) is 16.1 Å². The lowest BCUT2D eigenvalue weighted by molar-refractivity contribution is -0.143. The van der Waals surface area contributed by atoms with Crippen molar-refractivity contribution in [3.63, 3.8) is 0 Å². The molecule has 0 saturated carbocycles. The normalized spacial score (nSPS) is 9.89. The first-order chi connectivity index (χ1) is 13.6. The summed E-state index contributed by atoms with van der Waals surface area (Å²) in [4.78, 5) is 24.1. The number of carbonyl (C=O) groups is 2. The molecule has 0 aliphatic rings. The van der Waals surface area contributed by atoms with Gasteiger partial charge in [-0.25, -0.2) is 0 Å². The number of rotatable bonds is 9. The van der Waals surface area contributed by atoms with Crippen molar-refractivity contribution in [3.05, 3.63) is 59.2 Å². The Kier molecular flexibility index (Phi) is 7.85. The summed E-state index contributed by atoms with van der Waals surface area (Å²) in [5.74, 6) is 0.0240. The van der Waals surface area contributed by atoms with Crippen molar-refractivity contribution in [2.45, 2.75) is 20.5 Å². The van der Waals surface area contributed by atoms with Gasteiger partial charge in [0, 0.05) is 5.56 Å². The van der Waals surface area contributed by atoms with E-state index in [0.29, 0.717) is 41.4 Å². The molecule has 0 saturated heterocycles. The van der Waals surface area contributed by atoms with Crippen LogP contribution in [0.15, 0.2) is 42.5 Å². The van der Waals surface area contributed by atoms with Crippen LogP contribution in [0.3, 0.4) is 0 Å². The highest BCUT2D eigenvalue weighted by atomic mass is 16.5. The minimum absolute atomic E-state index is 0.0295. The van der Waals surface area contributed by atoms with Crippen LogP contribution in [0, 0.1) is 11.3 Å². The molecule has 146 valence electrons. The van der Waals surface area contributed by atoms with Crippen LogP contribution in [0.1, 0.15) is 35.3 Å². The smallest absolute Gasteiger partial charge is 0.325 e. The summed E-state index contributed by atoms with van der Waals surface area (Å²) in [6.45, 7) is 4.37. The first kappa shape index (κ1) is 20.8. The largest absolute Gasteiger partial charge is 0.490 e. The van der Waals surface area contributed by atoms with Crippen molar-refractivity contribution < 1.29 is 23.8 Å². The Bertz CT molecular complexity index is 873. The Hall–Kier alpha value is -3.53. The molecule has 0 heterocycles. The molecule has 0 spiro atoms. The minimum Gasteiger partial charge on any atom is -0.490 e. The molecule has 0 aliphatic heterocycles. The van der Waals surface area contributed by atoms with Crippen LogP contribution >= 0.6 is 0 Å². The molecule has 2 aromatic rings. The Balaban J connectivity index is 1.89. The van der Waals surface area contributed by atoms with E-state index in [1.165, 1.54) is 0 Å². The topological polar surface area (TPSA) is 97.6 Å². The minimum atomic E-state index is -0.577. The summed E-state index contributed by atoms with van der Waals surface area (Å²) in [5.41, 5.74) is 1.54. The summed E-state index contributed by atoms with van der Waals surface area (Å²) in [7, 11) is 0. The van der Waals surface area contributed by atoms with Gasteiger partial charge in [0.25, 0.3) is 5.91 Å². The fourth-order valence-electron chi connectivity index (χ4n) is 2.39. The van der Waals surface area contributed by atoms with E-state index < -0.39 is 11.9 Å². The molecule has 0 aliphatic carbocycles. The number of nitrogens with one attached hydrogen (secondary N) is 1. The number of nitrogens with zero attached hydrogens (tertiary/aromatic N) is 1. The van der Waals surface area contributed by atoms with Crippen LogP contribution in [0.4, 0.5) is 0 Å². The van der Waals surface area contributed by atoms with Gasteiger partial charge in [-0.1, -0.05) is 12.1 Å². The molecule has 0 unspecified atom stereocenters. The van der Waals surface area contributed by atoms with Gasteiger partial charge < -0.3 is 19.5 Å². The summed E-state index contributed by atoms with van der Waals surface area (Å²) >= 11 is 0. The molecule has 2 rings (SSSR count). The standard InChI is InChI=1S/C21H22N2O5/c1-3-26-18-9-8-17(11-19(18)27-4-2)21(25)23-13-20(24)28-14-16-7-5-6-15(10-16)12-22/h5-11H,3-4,13-14H2,1-2H3,(H,23,25). The zero-order valence-corrected chi connectivity index (χ0v) is 15.9. The van der Waals surface area contributed by atoms with Crippen molar-refractivity contribution in [2.75, 3.05) is 19.8 Å². The monoisotopic (exact) mass is 382 g/mol. The van der Waals surface area contributed by atoms with Crippen LogP contribution in [0.2, 0.25) is 0 Å². The molecular formula is C21H22N2O5. The van der Waals surface area contributed by atoms with Gasteiger partial charge in [0.15, 0.2) is 11.5 Å². The maximum atomic E-state index is 12.3. The number of esters is 1. The highest BCUT2D eigenvalue weighted by molar-refractivity contribution is 5.96. The third kappa shape index (κ3) is 6.02. The fraction of sp³-hybridized carbons (Fsp3) is 0.286. The third-order valence-corrected chi connectivity index (χ3v) is 3.65. The maximum Gasteiger partial charge on any atom is 0.325 e. The van der Waals surface area contributed by atoms with Gasteiger partial charge in [0.1, 0.15) is 13.2 Å². The van der Waals surface area contributed by atoms with E-state index in [-0.39, 0.29) is 13.2 Å². The summed E-state index contributed by atoms with van der Waals surface area (Å²) < 4.78 is 16.1. The zero-order valence-electron chi connectivity index (χ0n) is 15.9. The molecule has 28 heavy (non-hydrogen) atoms. The quantitative estimate of drug-likeness (QED) is 0.670. The van der Waals surface area contributed by atoms with E-state index in [9.17, 15) is 9.59 Å². The van der Waals surface area contributed by atoms with E-state index in [1.54, 1.807) is 42.5 Å². The lowest BCUT2D eigenvalue weighted by atomic mass is 10.1. The average Bonchev–Trinajstić information content (AvgIpc) is 2.72. The van der Waals surface area contributed by atoms with Crippen molar-refractivity contribution in [1.29, 1.82) is 5.26 Å². The zero-order chi connectivity index (χ0) is 20.4. The molecule has 7 heteroatoms. The number of amides is 1. The summed E-state index contributed by atoms with van der Waals surface area (Å²) in [5, 5.41) is 11.4. The predicted octanol–water partition coefficient (Wildman–Crippen LogP) is 2.83. The van der Waals surface area contributed by atoms with Crippen molar-refractivity contribution in [1.82, 2.24) is 5.32 Å². The first-order valence-electron chi connectivity index (χ1n) is 8.89. The fourth-order valence-corrected chi connectivity index (χ4v) is 2.39. The van der Waals surface area contributed by atoms with Crippen molar-refractivity contribution >= 4 is 11.9 Å². The van der Waals surface area contributed by atoms with E-state index in [4.69, 9.17) is 19.5 Å². The van der Waals surface area contributed by atoms with E-state index >= 15 is 0 Å². The molecule has 1 amide bonds. The second-order valence-electron chi connectivity index (χ2n) is 5.68. The molecule has 0 fully saturated rings. The molecule has 0 bridgehead atoms. The van der Waals surface area contributed by atoms with E-state index in [1.807, 2.05) is 19.9 Å². The van der Waals surface area contributed by atoms with E-state index in [0.717, 1.165) is 0 Å². The van der Waals surface area contributed by atoms with Crippen LogP contribution < -0.4 is 14.8 Å². The highest BCUT2D eigenvalue weighted by Gasteiger charge is 2.13. The predicted molar refractivity (Wildman–Crippen MR) is 102 cm³/mol. The summed E-state index contributed by atoms with van der Waals surface area (Å²) in [6, 6.07) is 13.6. The maximum absolute atomic E-state index is 12.3. The Morgan fingerprint density at radius 1 is 1.04 bits per heavy atom. The molecular weight excluding hydrogens is 360 g/mol. The lowest BCUT2D eigenvalue weighted by Crippen LogP contribution is -2.30. The highest BCUT2D eigenvalue weighted by Crippen LogP contribution is 2.28. The van der Waals surface area contributed by atoms with Gasteiger partial charge in [-0.05, 0) is 49.7 Å². The number of benzene rings is 2. The van der Waals surface area contributed by atoms with Crippen molar-refractivity contribution in [2.24, 2.45) is 0 Å². The number of hydrogen-bond donors (Lipinski definition) is 1. The van der Waals surface area contributed by atoms with Gasteiger partial charge in [-0.2, -0.15) is 5.26 Å². The number of hydrogen-bond acceptors (Lipinski definition) is 6. The molecule has 2 aromatic carbocycles. The summed E-state index contributed by atoms with van der Waals surface area (Å²) in [6.07, 6.45) is 0. The number of ether oxygens (including phenoxy) is 3. The molecule has 1 N–H and O–H groups in total. The van der Waals surface area contributed by atoms with Crippen LogP contribution in [0.25, 0.3) is 0 Å². The number of carbonyl (C=O) groups excluding carboxylic acids is 2. The van der Waals surface area contributed by atoms with Gasteiger partial charge in [-0.3, -0.25) is 9.59 Å². The van der Waals surface area contributed by atoms with Crippen molar-refractivity contribution in [3.8, 4) is 17.6 Å². The third-order valence-electron chi connectivity index (χ3n) is 3.65. The lowest BCUT2D eigenvalue weighted by Gasteiger charge is -2.12. The van der Waals surface area contributed by atoms with Crippen LogP contribution in [-0.4, -0.2) is 31.6 Å². The first-order valence-corrected chi connectivity index (χ1v) is 8.89. The second-order valence-corrected chi connectivity index (χ2v) is 5.68. The molecule has 7 nitrogen and oxygen atoms in total. The molecule has 0 atom stereocenters. The Morgan fingerprint density at radius 2 is 1.79 bits per heavy atom. The second kappa shape index (κ2) is 10.6. The van der Waals surface area contributed by atoms with Gasteiger partial charge in [-0.15, -0.1) is 0 Å². The van der Waals surface area contributed by atoms with Gasteiger partial charge >= 0.3 is 5.97 Å². The SMILES string of the molecule is CCOc1ccc(C(=O)NCC(=O)OCc2cccc(C#N)c2)cc1OCC. The Morgan fingerprint density at radius 3 is 2.50 bits per heavy atom. The average molecular weight is 382 g/mol. The number of nitriles is 1. The van der Waals surface area contributed by atoms with Gasteiger partial charge in [0.05, 0.1) is 24.8 Å². The molecule has 0 radical (unpaired) electrons. The van der Waals surface area contributed by atoms with Crippen LogP contribution in [0.5, 0.6) is 11.5 Å².